The molecule has 1 aliphatic rings. The molecule has 1 heterocycles. The molecule has 1 N–H and O–H groups in total. The zero-order valence-corrected chi connectivity index (χ0v) is 12.2. The van der Waals surface area contributed by atoms with Gasteiger partial charge in [-0.3, -0.25) is 4.79 Å². The molecule has 1 aromatic carbocycles. The minimum absolute atomic E-state index is 0.0480. The Morgan fingerprint density at radius 2 is 2.10 bits per heavy atom. The van der Waals surface area contributed by atoms with Gasteiger partial charge in [0, 0.05) is 18.2 Å². The number of amides is 1. The van der Waals surface area contributed by atoms with Crippen molar-refractivity contribution >= 4 is 5.91 Å². The molecule has 1 fully saturated rings. The number of rotatable bonds is 3. The van der Waals surface area contributed by atoms with Crippen LogP contribution in [0.5, 0.6) is 0 Å². The van der Waals surface area contributed by atoms with Gasteiger partial charge in [0.05, 0.1) is 6.10 Å². The van der Waals surface area contributed by atoms with E-state index in [0.717, 1.165) is 37.8 Å². The molecular formula is C16H21F2NO2. The third-order valence-corrected chi connectivity index (χ3v) is 3.92. The molecule has 0 spiro atoms. The molecule has 1 aromatic rings. The minimum atomic E-state index is -1.01. The first kappa shape index (κ1) is 15.9. The molecule has 0 bridgehead atoms. The van der Waals surface area contributed by atoms with E-state index in [0.29, 0.717) is 13.0 Å². The number of hydrogen-bond acceptors (Lipinski definition) is 2. The van der Waals surface area contributed by atoms with Crippen molar-refractivity contribution in [3.63, 3.8) is 0 Å². The maximum absolute atomic E-state index is 13.3. The molecule has 1 amide bonds. The van der Waals surface area contributed by atoms with Crippen molar-refractivity contribution in [2.45, 2.75) is 51.2 Å². The van der Waals surface area contributed by atoms with Crippen LogP contribution < -0.4 is 0 Å². The normalized spacial score (nSPS) is 21.0. The second-order valence-electron chi connectivity index (χ2n) is 5.72. The topological polar surface area (TPSA) is 40.5 Å². The van der Waals surface area contributed by atoms with Crippen LogP contribution in [0.1, 0.15) is 49.4 Å². The number of halogens is 2. The van der Waals surface area contributed by atoms with Gasteiger partial charge in [-0.05, 0) is 44.4 Å². The highest BCUT2D eigenvalue weighted by Crippen LogP contribution is 2.23. The van der Waals surface area contributed by atoms with Crippen LogP contribution in [0.15, 0.2) is 18.2 Å². The van der Waals surface area contributed by atoms with E-state index in [9.17, 15) is 18.7 Å². The minimum Gasteiger partial charge on any atom is -0.393 e. The highest BCUT2D eigenvalue weighted by atomic mass is 19.2. The lowest BCUT2D eigenvalue weighted by molar-refractivity contribution is 0.0606. The molecule has 2 atom stereocenters. The zero-order chi connectivity index (χ0) is 15.4. The third-order valence-electron chi connectivity index (χ3n) is 3.92. The first-order valence-corrected chi connectivity index (χ1v) is 7.43. The van der Waals surface area contributed by atoms with E-state index >= 15 is 0 Å². The Labute approximate surface area is 123 Å². The van der Waals surface area contributed by atoms with Gasteiger partial charge in [0.15, 0.2) is 11.6 Å². The number of aliphatic hydroxyl groups excluding tert-OH is 1. The first-order chi connectivity index (χ1) is 9.99. The fourth-order valence-electron chi connectivity index (χ4n) is 2.88. The van der Waals surface area contributed by atoms with Crippen LogP contribution in [0.4, 0.5) is 8.78 Å². The average Bonchev–Trinajstić information content (AvgIpc) is 2.66. The third kappa shape index (κ3) is 4.00. The quantitative estimate of drug-likeness (QED) is 0.931. The van der Waals surface area contributed by atoms with Crippen LogP contribution in [-0.2, 0) is 0 Å². The summed E-state index contributed by atoms with van der Waals surface area (Å²) in [6, 6.07) is 3.19. The van der Waals surface area contributed by atoms with Crippen molar-refractivity contribution in [1.29, 1.82) is 0 Å². The number of carbonyl (C=O) groups excluding carboxylic acids is 1. The van der Waals surface area contributed by atoms with Crippen LogP contribution in [0.2, 0.25) is 0 Å². The molecule has 5 heteroatoms. The average molecular weight is 297 g/mol. The molecule has 0 radical (unpaired) electrons. The largest absolute Gasteiger partial charge is 0.393 e. The predicted molar refractivity (Wildman–Crippen MR) is 75.9 cm³/mol. The summed E-state index contributed by atoms with van der Waals surface area (Å²) in [6.45, 7) is 2.29. The van der Waals surface area contributed by atoms with Crippen molar-refractivity contribution < 1.29 is 18.7 Å². The van der Waals surface area contributed by atoms with E-state index in [1.807, 2.05) is 0 Å². The Balaban J connectivity index is 2.21. The highest BCUT2D eigenvalue weighted by molar-refractivity contribution is 5.94. The molecule has 0 saturated carbocycles. The van der Waals surface area contributed by atoms with E-state index in [1.54, 1.807) is 11.8 Å². The van der Waals surface area contributed by atoms with Gasteiger partial charge in [0.2, 0.25) is 0 Å². The van der Waals surface area contributed by atoms with Gasteiger partial charge in [0.25, 0.3) is 5.91 Å². The number of benzene rings is 1. The highest BCUT2D eigenvalue weighted by Gasteiger charge is 2.27. The molecule has 21 heavy (non-hydrogen) atoms. The second kappa shape index (κ2) is 6.98. The summed E-state index contributed by atoms with van der Waals surface area (Å²) in [7, 11) is 0. The zero-order valence-electron chi connectivity index (χ0n) is 12.2. The Kier molecular flexibility index (Phi) is 5.28. The summed E-state index contributed by atoms with van der Waals surface area (Å²) in [4.78, 5) is 14.3. The Morgan fingerprint density at radius 1 is 1.33 bits per heavy atom. The van der Waals surface area contributed by atoms with E-state index in [-0.39, 0.29) is 17.5 Å². The van der Waals surface area contributed by atoms with Crippen LogP contribution >= 0.6 is 0 Å². The lowest BCUT2D eigenvalue weighted by atomic mass is 10.0. The number of carbonyl (C=O) groups is 1. The predicted octanol–water partition coefficient (Wildman–Crippen LogP) is 3.12. The Morgan fingerprint density at radius 3 is 2.76 bits per heavy atom. The summed E-state index contributed by atoms with van der Waals surface area (Å²) in [5.41, 5.74) is 0.159. The van der Waals surface area contributed by atoms with Crippen LogP contribution in [0.3, 0.4) is 0 Å². The Hall–Kier alpha value is -1.49. The van der Waals surface area contributed by atoms with Gasteiger partial charge < -0.3 is 10.0 Å². The molecule has 0 aliphatic carbocycles. The van der Waals surface area contributed by atoms with E-state index in [4.69, 9.17) is 0 Å². The van der Waals surface area contributed by atoms with Crippen molar-refractivity contribution in [2.24, 2.45) is 0 Å². The smallest absolute Gasteiger partial charge is 0.254 e. The molecule has 1 aliphatic heterocycles. The standard InChI is InChI=1S/C16H21F2NO2/c1-11(20)9-13-5-3-2-4-8-19(13)16(21)12-6-7-14(17)15(18)10-12/h6-7,10-11,13,20H,2-5,8-9H2,1H3. The first-order valence-electron chi connectivity index (χ1n) is 7.43. The van der Waals surface area contributed by atoms with Crippen molar-refractivity contribution in [1.82, 2.24) is 4.90 Å². The summed E-state index contributed by atoms with van der Waals surface area (Å²) in [6.07, 6.45) is 3.80. The monoisotopic (exact) mass is 297 g/mol. The molecule has 2 unspecified atom stereocenters. The lowest BCUT2D eigenvalue weighted by Crippen LogP contribution is -2.41. The molecule has 116 valence electrons. The number of likely N-dealkylation sites (tertiary alicyclic amines) is 1. The van der Waals surface area contributed by atoms with Gasteiger partial charge >= 0.3 is 0 Å². The van der Waals surface area contributed by atoms with Crippen molar-refractivity contribution in [3.05, 3.63) is 35.4 Å². The number of nitrogens with zero attached hydrogens (tertiary/aromatic N) is 1. The second-order valence-corrected chi connectivity index (χ2v) is 5.72. The van der Waals surface area contributed by atoms with Gasteiger partial charge in [-0.25, -0.2) is 8.78 Å². The maximum Gasteiger partial charge on any atom is 0.254 e. The van der Waals surface area contributed by atoms with E-state index < -0.39 is 17.7 Å². The maximum atomic E-state index is 13.3. The number of hydrogen-bond donors (Lipinski definition) is 1. The molecule has 0 aromatic heterocycles. The molecule has 1 saturated heterocycles. The summed E-state index contributed by atoms with van der Waals surface area (Å²) in [5.74, 6) is -2.26. The van der Waals surface area contributed by atoms with Gasteiger partial charge in [-0.2, -0.15) is 0 Å². The van der Waals surface area contributed by atoms with Crippen LogP contribution in [0.25, 0.3) is 0 Å². The SMILES string of the molecule is CC(O)CC1CCCCCN1C(=O)c1ccc(F)c(F)c1. The van der Waals surface area contributed by atoms with E-state index in [2.05, 4.69) is 0 Å². The Bertz CT molecular complexity index is 505. The lowest BCUT2D eigenvalue weighted by Gasteiger charge is -2.31. The summed E-state index contributed by atoms with van der Waals surface area (Å²) < 4.78 is 26.3. The number of aliphatic hydroxyl groups is 1. The molecule has 2 rings (SSSR count). The molecule has 3 nitrogen and oxygen atoms in total. The van der Waals surface area contributed by atoms with Gasteiger partial charge in [0.1, 0.15) is 0 Å². The van der Waals surface area contributed by atoms with Crippen LogP contribution in [0, 0.1) is 11.6 Å². The van der Waals surface area contributed by atoms with Gasteiger partial charge in [-0.15, -0.1) is 0 Å². The fourth-order valence-corrected chi connectivity index (χ4v) is 2.88. The summed E-state index contributed by atoms with van der Waals surface area (Å²) >= 11 is 0. The van der Waals surface area contributed by atoms with Crippen LogP contribution in [-0.4, -0.2) is 34.6 Å². The van der Waals surface area contributed by atoms with Crippen molar-refractivity contribution in [3.8, 4) is 0 Å². The van der Waals surface area contributed by atoms with Gasteiger partial charge in [-0.1, -0.05) is 12.8 Å². The van der Waals surface area contributed by atoms with E-state index in [1.165, 1.54) is 6.07 Å². The van der Waals surface area contributed by atoms with Crippen molar-refractivity contribution in [2.75, 3.05) is 6.54 Å². The fraction of sp³-hybridized carbons (Fsp3) is 0.562. The molecular weight excluding hydrogens is 276 g/mol. The summed E-state index contributed by atoms with van der Waals surface area (Å²) in [5, 5.41) is 9.60.